The van der Waals surface area contributed by atoms with E-state index in [1.165, 1.54) is 0 Å². The number of aliphatic hydroxyl groups excluding tert-OH is 4. The second kappa shape index (κ2) is 12.5. The average molecular weight is 426 g/mol. The largest absolute Gasteiger partial charge is 0.445 e. The molecule has 0 aliphatic carbocycles. The number of carbonyl (C=O) groups is 2. The molecule has 0 radical (unpaired) electrons. The highest BCUT2D eigenvalue weighted by Crippen LogP contribution is 2.19. The maximum Gasteiger partial charge on any atom is 0.407 e. The number of benzene rings is 1. The molecule has 1 aliphatic rings. The predicted octanol–water partition coefficient (Wildman–Crippen LogP) is -0.611. The first-order chi connectivity index (χ1) is 14.4. The van der Waals surface area contributed by atoms with Crippen LogP contribution in [-0.4, -0.2) is 76.2 Å². The van der Waals surface area contributed by atoms with Crippen LogP contribution in [0.2, 0.25) is 0 Å². The number of hydrogen-bond donors (Lipinski definition) is 6. The van der Waals surface area contributed by atoms with Gasteiger partial charge in [-0.15, -0.1) is 0 Å². The van der Waals surface area contributed by atoms with Gasteiger partial charge in [0.25, 0.3) is 0 Å². The van der Waals surface area contributed by atoms with Gasteiger partial charge in [0.2, 0.25) is 5.91 Å². The second-order valence-electron chi connectivity index (χ2n) is 7.12. The topological polar surface area (TPSA) is 158 Å². The van der Waals surface area contributed by atoms with E-state index < -0.39 is 49.3 Å². The highest BCUT2D eigenvalue weighted by Gasteiger charge is 2.43. The number of amides is 2. The molecule has 0 aromatic heterocycles. The Bertz CT molecular complexity index is 657. The molecule has 1 heterocycles. The van der Waals surface area contributed by atoms with Crippen molar-refractivity contribution in [2.45, 2.75) is 62.9 Å². The van der Waals surface area contributed by atoms with E-state index in [0.717, 1.165) is 5.56 Å². The SMILES string of the molecule is O=C(CCCCCNC(=O)OCc1ccccc1)N[C@@H]1O[C@H](CO)[C@H](O)[C@H](O)[C@H]1O. The van der Waals surface area contributed by atoms with Crippen molar-refractivity contribution in [2.75, 3.05) is 13.2 Å². The van der Waals surface area contributed by atoms with Crippen molar-refractivity contribution in [3.63, 3.8) is 0 Å². The maximum absolute atomic E-state index is 12.0. The number of nitrogens with one attached hydrogen (secondary N) is 2. The molecule has 2 rings (SSSR count). The van der Waals surface area contributed by atoms with Gasteiger partial charge in [-0.05, 0) is 18.4 Å². The number of unbranched alkanes of at least 4 members (excludes halogenated alkanes) is 2. The zero-order chi connectivity index (χ0) is 21.9. The molecule has 1 saturated heterocycles. The van der Waals surface area contributed by atoms with Crippen molar-refractivity contribution in [2.24, 2.45) is 0 Å². The molecular weight excluding hydrogens is 396 g/mol. The molecule has 6 N–H and O–H groups in total. The van der Waals surface area contributed by atoms with Crippen LogP contribution in [0.4, 0.5) is 4.79 Å². The number of carbonyl (C=O) groups excluding carboxylic acids is 2. The minimum Gasteiger partial charge on any atom is -0.445 e. The molecule has 30 heavy (non-hydrogen) atoms. The van der Waals surface area contributed by atoms with Gasteiger partial charge in [-0.25, -0.2) is 4.79 Å². The number of ether oxygens (including phenoxy) is 2. The molecule has 0 saturated carbocycles. The van der Waals surface area contributed by atoms with E-state index in [-0.39, 0.29) is 13.0 Å². The molecular formula is C20H30N2O8. The Hall–Kier alpha value is -2.24. The van der Waals surface area contributed by atoms with E-state index in [0.29, 0.717) is 25.8 Å². The van der Waals surface area contributed by atoms with Crippen LogP contribution in [0.15, 0.2) is 30.3 Å². The fraction of sp³-hybridized carbons (Fsp3) is 0.600. The van der Waals surface area contributed by atoms with E-state index in [2.05, 4.69) is 10.6 Å². The van der Waals surface area contributed by atoms with E-state index in [1.54, 1.807) is 0 Å². The van der Waals surface area contributed by atoms with Crippen molar-refractivity contribution < 1.29 is 39.5 Å². The smallest absolute Gasteiger partial charge is 0.407 e. The third kappa shape index (κ3) is 7.54. The van der Waals surface area contributed by atoms with Crippen LogP contribution >= 0.6 is 0 Å². The van der Waals surface area contributed by atoms with E-state index in [4.69, 9.17) is 14.6 Å². The van der Waals surface area contributed by atoms with Crippen molar-refractivity contribution in [3.05, 3.63) is 35.9 Å². The number of aliphatic hydroxyl groups is 4. The van der Waals surface area contributed by atoms with E-state index >= 15 is 0 Å². The van der Waals surface area contributed by atoms with Crippen molar-refractivity contribution in [3.8, 4) is 0 Å². The quantitative estimate of drug-likeness (QED) is 0.271. The maximum atomic E-state index is 12.0. The van der Waals surface area contributed by atoms with Crippen LogP contribution in [-0.2, 0) is 20.9 Å². The van der Waals surface area contributed by atoms with Crippen LogP contribution in [0.5, 0.6) is 0 Å². The minimum absolute atomic E-state index is 0.160. The third-order valence-electron chi connectivity index (χ3n) is 4.76. The monoisotopic (exact) mass is 426 g/mol. The summed E-state index contributed by atoms with van der Waals surface area (Å²) in [5.41, 5.74) is 0.901. The van der Waals surface area contributed by atoms with Crippen LogP contribution in [0.3, 0.4) is 0 Å². The zero-order valence-corrected chi connectivity index (χ0v) is 16.6. The summed E-state index contributed by atoms with van der Waals surface area (Å²) in [7, 11) is 0. The normalized spacial score (nSPS) is 26.1. The van der Waals surface area contributed by atoms with Gasteiger partial charge < -0.3 is 40.5 Å². The summed E-state index contributed by atoms with van der Waals surface area (Å²) in [5, 5.41) is 43.6. The molecule has 0 unspecified atom stereocenters. The fourth-order valence-corrected chi connectivity index (χ4v) is 3.00. The first-order valence-corrected chi connectivity index (χ1v) is 9.96. The van der Waals surface area contributed by atoms with Gasteiger partial charge >= 0.3 is 6.09 Å². The summed E-state index contributed by atoms with van der Waals surface area (Å²) in [5.74, 6) is -0.394. The van der Waals surface area contributed by atoms with Gasteiger partial charge in [0, 0.05) is 13.0 Å². The van der Waals surface area contributed by atoms with Gasteiger partial charge in [-0.1, -0.05) is 36.8 Å². The highest BCUT2D eigenvalue weighted by molar-refractivity contribution is 5.76. The average Bonchev–Trinajstić information content (AvgIpc) is 2.75. The lowest BCUT2D eigenvalue weighted by atomic mass is 9.98. The second-order valence-corrected chi connectivity index (χ2v) is 7.12. The van der Waals surface area contributed by atoms with Crippen LogP contribution in [0.25, 0.3) is 0 Å². The van der Waals surface area contributed by atoms with Crippen molar-refractivity contribution in [1.29, 1.82) is 0 Å². The molecule has 1 fully saturated rings. The van der Waals surface area contributed by atoms with Crippen molar-refractivity contribution >= 4 is 12.0 Å². The lowest BCUT2D eigenvalue weighted by molar-refractivity contribution is -0.236. The Kier molecular flexibility index (Phi) is 9.98. The summed E-state index contributed by atoms with van der Waals surface area (Å²) in [6, 6.07) is 9.34. The minimum atomic E-state index is -1.53. The molecule has 1 aromatic rings. The summed E-state index contributed by atoms with van der Waals surface area (Å²) in [4.78, 5) is 23.6. The number of alkyl carbamates (subject to hydrolysis) is 1. The Morgan fingerprint density at radius 1 is 1.00 bits per heavy atom. The van der Waals surface area contributed by atoms with Crippen LogP contribution < -0.4 is 10.6 Å². The first-order valence-electron chi connectivity index (χ1n) is 9.96. The first kappa shape index (κ1) is 24.0. The molecule has 10 heteroatoms. The highest BCUT2D eigenvalue weighted by atomic mass is 16.6. The molecule has 2 amide bonds. The van der Waals surface area contributed by atoms with Crippen LogP contribution in [0, 0.1) is 0 Å². The molecule has 0 spiro atoms. The van der Waals surface area contributed by atoms with Crippen LogP contribution in [0.1, 0.15) is 31.2 Å². The Morgan fingerprint density at radius 2 is 1.73 bits per heavy atom. The molecule has 1 aromatic carbocycles. The lowest BCUT2D eigenvalue weighted by Crippen LogP contribution is -2.63. The van der Waals surface area contributed by atoms with E-state index in [9.17, 15) is 24.9 Å². The molecule has 1 aliphatic heterocycles. The molecule has 5 atom stereocenters. The Labute approximate surface area is 174 Å². The summed E-state index contributed by atoms with van der Waals surface area (Å²) in [6.45, 7) is 0.0604. The van der Waals surface area contributed by atoms with Crippen molar-refractivity contribution in [1.82, 2.24) is 10.6 Å². The summed E-state index contributed by atoms with van der Waals surface area (Å²) < 4.78 is 10.3. The molecule has 0 bridgehead atoms. The van der Waals surface area contributed by atoms with Gasteiger partial charge in [-0.2, -0.15) is 0 Å². The molecule has 10 nitrogen and oxygen atoms in total. The summed E-state index contributed by atoms with van der Waals surface area (Å²) in [6.07, 6.45) is -5.24. The number of hydrogen-bond acceptors (Lipinski definition) is 8. The fourth-order valence-electron chi connectivity index (χ4n) is 3.00. The Balaban J connectivity index is 1.55. The predicted molar refractivity (Wildman–Crippen MR) is 105 cm³/mol. The van der Waals surface area contributed by atoms with E-state index in [1.807, 2.05) is 30.3 Å². The Morgan fingerprint density at radius 3 is 2.43 bits per heavy atom. The van der Waals surface area contributed by atoms with Gasteiger partial charge in [-0.3, -0.25) is 4.79 Å². The van der Waals surface area contributed by atoms with Gasteiger partial charge in [0.1, 0.15) is 31.0 Å². The molecule has 168 valence electrons. The lowest BCUT2D eigenvalue weighted by Gasteiger charge is -2.40. The standard InChI is InChI=1S/C20H30N2O8/c23-11-14-16(25)17(26)18(27)19(30-14)22-15(24)9-5-2-6-10-21-20(28)29-12-13-7-3-1-4-8-13/h1,3-4,7-8,14,16-19,23,25-27H,2,5-6,9-12H2,(H,21,28)(H,22,24)/t14-,16+,17+,18-,19-/m1/s1. The zero-order valence-electron chi connectivity index (χ0n) is 16.6. The van der Waals surface area contributed by atoms with Gasteiger partial charge in [0.05, 0.1) is 6.61 Å². The van der Waals surface area contributed by atoms with Gasteiger partial charge in [0.15, 0.2) is 6.23 Å². The third-order valence-corrected chi connectivity index (χ3v) is 4.76. The number of rotatable bonds is 10. The summed E-state index contributed by atoms with van der Waals surface area (Å²) >= 11 is 0.